The van der Waals surface area contributed by atoms with Crippen molar-refractivity contribution in [2.24, 2.45) is 0 Å². The van der Waals surface area contributed by atoms with Crippen LogP contribution in [-0.4, -0.2) is 14.2 Å². The molecule has 0 radical (unpaired) electrons. The van der Waals surface area contributed by atoms with Gasteiger partial charge in [0.05, 0.1) is 14.2 Å². The Bertz CT molecular complexity index is 591. The van der Waals surface area contributed by atoms with Crippen LogP contribution in [0.15, 0.2) is 42.5 Å². The second kappa shape index (κ2) is 7.02. The summed E-state index contributed by atoms with van der Waals surface area (Å²) in [7, 11) is 3.27. The first-order chi connectivity index (χ1) is 10.2. The molecule has 0 N–H and O–H groups in total. The smallest absolute Gasteiger partial charge is 0.161 e. The lowest BCUT2D eigenvalue weighted by molar-refractivity contribution is 0.299. The summed E-state index contributed by atoms with van der Waals surface area (Å²) < 4.78 is 16.5. The maximum atomic E-state index is 5.96. The SMILES string of the molecule is COc1ccc(COc2ccccc2C(C)C)cc1OC. The first kappa shape index (κ1) is 15.2. The van der Waals surface area contributed by atoms with Gasteiger partial charge in [-0.1, -0.05) is 38.1 Å². The molecule has 3 nitrogen and oxygen atoms in total. The second-order valence-corrected chi connectivity index (χ2v) is 5.17. The van der Waals surface area contributed by atoms with E-state index >= 15 is 0 Å². The van der Waals surface area contributed by atoms with Crippen molar-refractivity contribution < 1.29 is 14.2 Å². The van der Waals surface area contributed by atoms with Gasteiger partial charge in [-0.3, -0.25) is 0 Å². The average Bonchev–Trinajstić information content (AvgIpc) is 2.52. The van der Waals surface area contributed by atoms with Gasteiger partial charge in [-0.15, -0.1) is 0 Å². The Labute approximate surface area is 126 Å². The average molecular weight is 286 g/mol. The molecule has 0 aliphatic carbocycles. The number of hydrogen-bond donors (Lipinski definition) is 0. The lowest BCUT2D eigenvalue weighted by Gasteiger charge is -2.14. The van der Waals surface area contributed by atoms with Gasteiger partial charge in [-0.05, 0) is 35.2 Å². The normalized spacial score (nSPS) is 10.5. The van der Waals surface area contributed by atoms with Crippen molar-refractivity contribution in [3.8, 4) is 17.2 Å². The summed E-state index contributed by atoms with van der Waals surface area (Å²) >= 11 is 0. The van der Waals surface area contributed by atoms with Crippen LogP contribution in [0.1, 0.15) is 30.9 Å². The van der Waals surface area contributed by atoms with Crippen LogP contribution in [0.2, 0.25) is 0 Å². The molecule has 0 saturated heterocycles. The van der Waals surface area contributed by atoms with E-state index in [9.17, 15) is 0 Å². The molecule has 0 spiro atoms. The van der Waals surface area contributed by atoms with E-state index < -0.39 is 0 Å². The summed E-state index contributed by atoms with van der Waals surface area (Å²) in [5.41, 5.74) is 2.27. The fourth-order valence-corrected chi connectivity index (χ4v) is 2.22. The highest BCUT2D eigenvalue weighted by atomic mass is 16.5. The molecule has 0 amide bonds. The molecule has 0 heterocycles. The molecule has 0 bridgehead atoms. The van der Waals surface area contributed by atoms with E-state index in [2.05, 4.69) is 19.9 Å². The zero-order valence-corrected chi connectivity index (χ0v) is 13.1. The van der Waals surface area contributed by atoms with E-state index in [1.165, 1.54) is 5.56 Å². The molecule has 21 heavy (non-hydrogen) atoms. The number of para-hydroxylation sites is 1. The lowest BCUT2D eigenvalue weighted by atomic mass is 10.0. The highest BCUT2D eigenvalue weighted by Gasteiger charge is 2.08. The molecule has 0 aliphatic rings. The first-order valence-corrected chi connectivity index (χ1v) is 7.08. The molecule has 0 aliphatic heterocycles. The number of rotatable bonds is 6. The fraction of sp³-hybridized carbons (Fsp3) is 0.333. The predicted molar refractivity (Wildman–Crippen MR) is 84.4 cm³/mol. The maximum absolute atomic E-state index is 5.96. The van der Waals surface area contributed by atoms with Gasteiger partial charge in [0, 0.05) is 0 Å². The van der Waals surface area contributed by atoms with E-state index in [-0.39, 0.29) is 0 Å². The Morgan fingerprint density at radius 2 is 1.57 bits per heavy atom. The Hall–Kier alpha value is -2.16. The third-order valence-corrected chi connectivity index (χ3v) is 3.38. The third kappa shape index (κ3) is 3.69. The second-order valence-electron chi connectivity index (χ2n) is 5.17. The molecular formula is C18H22O3. The summed E-state index contributed by atoms with van der Waals surface area (Å²) in [5, 5.41) is 0. The van der Waals surface area contributed by atoms with Crippen LogP contribution in [0.5, 0.6) is 17.2 Å². The van der Waals surface area contributed by atoms with Gasteiger partial charge in [0.2, 0.25) is 0 Å². The molecule has 0 atom stereocenters. The third-order valence-electron chi connectivity index (χ3n) is 3.38. The lowest BCUT2D eigenvalue weighted by Crippen LogP contribution is -2.00. The van der Waals surface area contributed by atoms with Crippen molar-refractivity contribution in [1.82, 2.24) is 0 Å². The van der Waals surface area contributed by atoms with Crippen LogP contribution in [-0.2, 0) is 6.61 Å². The van der Waals surface area contributed by atoms with Crippen LogP contribution < -0.4 is 14.2 Å². The van der Waals surface area contributed by atoms with Gasteiger partial charge in [-0.25, -0.2) is 0 Å². The van der Waals surface area contributed by atoms with Crippen LogP contribution >= 0.6 is 0 Å². The monoisotopic (exact) mass is 286 g/mol. The van der Waals surface area contributed by atoms with Gasteiger partial charge in [-0.2, -0.15) is 0 Å². The predicted octanol–water partition coefficient (Wildman–Crippen LogP) is 4.41. The van der Waals surface area contributed by atoms with Crippen LogP contribution in [0.4, 0.5) is 0 Å². The standard InChI is InChI=1S/C18H22O3/c1-13(2)15-7-5-6-8-16(15)21-12-14-9-10-17(19-3)18(11-14)20-4/h5-11,13H,12H2,1-4H3. The Morgan fingerprint density at radius 3 is 2.24 bits per heavy atom. The van der Waals surface area contributed by atoms with Gasteiger partial charge >= 0.3 is 0 Å². The molecule has 3 heteroatoms. The summed E-state index contributed by atoms with van der Waals surface area (Å²) in [4.78, 5) is 0. The molecule has 2 aromatic rings. The Kier molecular flexibility index (Phi) is 5.09. The van der Waals surface area contributed by atoms with Gasteiger partial charge in [0.1, 0.15) is 12.4 Å². The number of benzene rings is 2. The summed E-state index contributed by atoms with van der Waals surface area (Å²) in [6.07, 6.45) is 0. The van der Waals surface area contributed by atoms with Crippen molar-refractivity contribution in [2.75, 3.05) is 14.2 Å². The number of hydrogen-bond acceptors (Lipinski definition) is 3. The van der Waals surface area contributed by atoms with Gasteiger partial charge in [0.25, 0.3) is 0 Å². The van der Waals surface area contributed by atoms with E-state index in [0.717, 1.165) is 22.8 Å². The van der Waals surface area contributed by atoms with Crippen molar-refractivity contribution in [3.63, 3.8) is 0 Å². The number of methoxy groups -OCH3 is 2. The highest BCUT2D eigenvalue weighted by Crippen LogP contribution is 2.29. The fourth-order valence-electron chi connectivity index (χ4n) is 2.22. The van der Waals surface area contributed by atoms with E-state index in [1.807, 2.05) is 36.4 Å². The molecule has 112 valence electrons. The summed E-state index contributed by atoms with van der Waals surface area (Å²) in [6.45, 7) is 4.83. The van der Waals surface area contributed by atoms with Crippen molar-refractivity contribution in [3.05, 3.63) is 53.6 Å². The van der Waals surface area contributed by atoms with Gasteiger partial charge in [0.15, 0.2) is 11.5 Å². The zero-order valence-electron chi connectivity index (χ0n) is 13.1. The van der Waals surface area contributed by atoms with Gasteiger partial charge < -0.3 is 14.2 Å². The topological polar surface area (TPSA) is 27.7 Å². The molecule has 2 rings (SSSR count). The molecule has 0 fully saturated rings. The van der Waals surface area contributed by atoms with E-state index in [1.54, 1.807) is 14.2 Å². The van der Waals surface area contributed by atoms with E-state index in [4.69, 9.17) is 14.2 Å². The summed E-state index contributed by atoms with van der Waals surface area (Å²) in [5.74, 6) is 2.81. The first-order valence-electron chi connectivity index (χ1n) is 7.08. The Balaban J connectivity index is 2.13. The maximum Gasteiger partial charge on any atom is 0.161 e. The highest BCUT2D eigenvalue weighted by molar-refractivity contribution is 5.43. The zero-order chi connectivity index (χ0) is 15.2. The van der Waals surface area contributed by atoms with Crippen LogP contribution in [0.25, 0.3) is 0 Å². The van der Waals surface area contributed by atoms with Crippen molar-refractivity contribution in [1.29, 1.82) is 0 Å². The van der Waals surface area contributed by atoms with Crippen LogP contribution in [0, 0.1) is 0 Å². The largest absolute Gasteiger partial charge is 0.493 e. The molecule has 0 saturated carbocycles. The molecule has 0 aromatic heterocycles. The van der Waals surface area contributed by atoms with Crippen molar-refractivity contribution in [2.45, 2.75) is 26.4 Å². The molecule has 2 aromatic carbocycles. The molecule has 0 unspecified atom stereocenters. The summed E-state index contributed by atoms with van der Waals surface area (Å²) in [6, 6.07) is 14.0. The quantitative estimate of drug-likeness (QED) is 0.787. The minimum absolute atomic E-state index is 0.437. The number of ether oxygens (including phenoxy) is 3. The van der Waals surface area contributed by atoms with Crippen molar-refractivity contribution >= 4 is 0 Å². The van der Waals surface area contributed by atoms with Crippen LogP contribution in [0.3, 0.4) is 0 Å². The molecular weight excluding hydrogens is 264 g/mol. The van der Waals surface area contributed by atoms with E-state index in [0.29, 0.717) is 12.5 Å². The minimum atomic E-state index is 0.437. The minimum Gasteiger partial charge on any atom is -0.493 e. The Morgan fingerprint density at radius 1 is 0.857 bits per heavy atom.